The average Bonchev–Trinajstić information content (AvgIpc) is 2.95. The Morgan fingerprint density at radius 1 is 1.50 bits per heavy atom. The minimum absolute atomic E-state index is 0.0306. The zero-order chi connectivity index (χ0) is 14.7. The van der Waals surface area contributed by atoms with E-state index >= 15 is 0 Å². The van der Waals surface area contributed by atoms with Crippen LogP contribution >= 0.6 is 0 Å². The van der Waals surface area contributed by atoms with Crippen LogP contribution in [0.2, 0.25) is 0 Å². The molecule has 0 amide bonds. The van der Waals surface area contributed by atoms with Gasteiger partial charge in [0.25, 0.3) is 0 Å². The predicted octanol–water partition coefficient (Wildman–Crippen LogP) is 2.54. The number of hydrogen-bond donors (Lipinski definition) is 1. The zero-order valence-electron chi connectivity index (χ0n) is 11.4. The Morgan fingerprint density at radius 2 is 2.25 bits per heavy atom. The number of rotatable bonds is 5. The summed E-state index contributed by atoms with van der Waals surface area (Å²) in [6, 6.07) is 4.61. The normalized spacial score (nSPS) is 12.2. The molecule has 0 bridgehead atoms. The lowest BCUT2D eigenvalue weighted by Gasteiger charge is -2.04. The summed E-state index contributed by atoms with van der Waals surface area (Å²) >= 11 is 0. The summed E-state index contributed by atoms with van der Waals surface area (Å²) < 4.78 is 10.6. The Balaban J connectivity index is 2.40. The summed E-state index contributed by atoms with van der Waals surface area (Å²) in [4.78, 5) is 14.7. The van der Waals surface area contributed by atoms with Crippen LogP contribution in [0.25, 0.3) is 11.3 Å². The van der Waals surface area contributed by atoms with Crippen molar-refractivity contribution in [1.29, 1.82) is 0 Å². The fraction of sp³-hybridized carbons (Fsp3) is 0.308. The first-order valence-corrected chi connectivity index (χ1v) is 6.02. The van der Waals surface area contributed by atoms with Crippen molar-refractivity contribution in [2.45, 2.75) is 13.0 Å². The summed E-state index contributed by atoms with van der Waals surface area (Å²) in [6.45, 7) is 1.91. The van der Waals surface area contributed by atoms with E-state index in [9.17, 15) is 10.1 Å². The first kappa shape index (κ1) is 14.0. The quantitative estimate of drug-likeness (QED) is 0.667. The van der Waals surface area contributed by atoms with Crippen LogP contribution in [0.1, 0.15) is 18.9 Å². The largest absolute Gasteiger partial charge is 0.490 e. The molecule has 0 aliphatic rings. The lowest BCUT2D eigenvalue weighted by molar-refractivity contribution is -0.385. The molecule has 2 rings (SSSR count). The van der Waals surface area contributed by atoms with E-state index in [4.69, 9.17) is 9.15 Å². The fourth-order valence-corrected chi connectivity index (χ4v) is 1.73. The number of nitrogens with zero attached hydrogens (tertiary/aromatic N) is 2. The molecule has 1 N–H and O–H groups in total. The zero-order valence-corrected chi connectivity index (χ0v) is 11.4. The van der Waals surface area contributed by atoms with Gasteiger partial charge in [0, 0.05) is 11.6 Å². The van der Waals surface area contributed by atoms with Gasteiger partial charge in [-0.1, -0.05) is 0 Å². The van der Waals surface area contributed by atoms with Gasteiger partial charge in [0.2, 0.25) is 5.89 Å². The highest BCUT2D eigenvalue weighted by Crippen LogP contribution is 2.32. The highest BCUT2D eigenvalue weighted by atomic mass is 16.6. The van der Waals surface area contributed by atoms with Crippen LogP contribution in [0.5, 0.6) is 5.75 Å². The van der Waals surface area contributed by atoms with Crippen LogP contribution in [0.15, 0.2) is 28.8 Å². The molecule has 2 aromatic rings. The van der Waals surface area contributed by atoms with Crippen LogP contribution in [0, 0.1) is 10.1 Å². The average molecular weight is 277 g/mol. The number of methoxy groups -OCH3 is 1. The van der Waals surface area contributed by atoms with Gasteiger partial charge in [-0.05, 0) is 26.1 Å². The van der Waals surface area contributed by atoms with E-state index in [1.165, 1.54) is 19.2 Å². The van der Waals surface area contributed by atoms with Crippen molar-refractivity contribution in [2.24, 2.45) is 0 Å². The second kappa shape index (κ2) is 5.70. The van der Waals surface area contributed by atoms with Gasteiger partial charge in [-0.3, -0.25) is 10.1 Å². The Bertz CT molecular complexity index is 624. The highest BCUT2D eigenvalue weighted by Gasteiger charge is 2.18. The molecule has 1 aromatic heterocycles. The molecule has 106 valence electrons. The number of nitro groups is 1. The van der Waals surface area contributed by atoms with E-state index in [0.29, 0.717) is 17.2 Å². The van der Waals surface area contributed by atoms with E-state index in [1.54, 1.807) is 19.3 Å². The van der Waals surface area contributed by atoms with Gasteiger partial charge in [-0.2, -0.15) is 0 Å². The fourth-order valence-electron chi connectivity index (χ4n) is 1.73. The minimum Gasteiger partial charge on any atom is -0.490 e. The maximum absolute atomic E-state index is 11.0. The van der Waals surface area contributed by atoms with Crippen molar-refractivity contribution in [2.75, 3.05) is 14.2 Å². The van der Waals surface area contributed by atoms with E-state index in [-0.39, 0.29) is 17.5 Å². The smallest absolute Gasteiger partial charge is 0.311 e. The molecule has 1 heterocycles. The van der Waals surface area contributed by atoms with Gasteiger partial charge < -0.3 is 14.5 Å². The molecule has 20 heavy (non-hydrogen) atoms. The van der Waals surface area contributed by atoms with E-state index in [1.807, 2.05) is 6.92 Å². The molecule has 0 aliphatic carbocycles. The second-order valence-electron chi connectivity index (χ2n) is 4.22. The van der Waals surface area contributed by atoms with Crippen molar-refractivity contribution in [3.05, 3.63) is 40.4 Å². The van der Waals surface area contributed by atoms with E-state index in [0.717, 1.165) is 0 Å². The van der Waals surface area contributed by atoms with Crippen LogP contribution in [0.3, 0.4) is 0 Å². The van der Waals surface area contributed by atoms with Crippen molar-refractivity contribution >= 4 is 5.69 Å². The second-order valence-corrected chi connectivity index (χ2v) is 4.22. The van der Waals surface area contributed by atoms with Gasteiger partial charge in [-0.15, -0.1) is 0 Å². The Kier molecular flexibility index (Phi) is 3.99. The van der Waals surface area contributed by atoms with Crippen LogP contribution in [-0.4, -0.2) is 24.1 Å². The Hall–Kier alpha value is -2.41. The van der Waals surface area contributed by atoms with Gasteiger partial charge in [0.1, 0.15) is 0 Å². The third-order valence-corrected chi connectivity index (χ3v) is 2.99. The summed E-state index contributed by atoms with van der Waals surface area (Å²) in [5.41, 5.74) is 0.476. The number of benzene rings is 1. The molecule has 1 aromatic carbocycles. The van der Waals surface area contributed by atoms with Gasteiger partial charge >= 0.3 is 5.69 Å². The molecular formula is C13H15N3O4. The van der Waals surface area contributed by atoms with Gasteiger partial charge in [0.05, 0.1) is 24.3 Å². The number of oxazole rings is 1. The summed E-state index contributed by atoms with van der Waals surface area (Å²) in [5, 5.41) is 14.0. The molecule has 1 unspecified atom stereocenters. The standard InChI is InChI=1S/C13H15N3O4/c1-8(14-2)13-15-7-12(20-13)9-4-5-11(19-3)10(6-9)16(17)18/h4-8,14H,1-3H3. The molecule has 0 saturated carbocycles. The lowest BCUT2D eigenvalue weighted by Crippen LogP contribution is -2.12. The number of nitro benzene ring substituents is 1. The molecule has 0 radical (unpaired) electrons. The maximum atomic E-state index is 11.0. The van der Waals surface area contributed by atoms with E-state index in [2.05, 4.69) is 10.3 Å². The number of aromatic nitrogens is 1. The monoisotopic (exact) mass is 277 g/mol. The summed E-state index contributed by atoms with van der Waals surface area (Å²) in [6.07, 6.45) is 1.55. The number of hydrogen-bond acceptors (Lipinski definition) is 6. The number of nitrogens with one attached hydrogen (secondary N) is 1. The summed E-state index contributed by atoms with van der Waals surface area (Å²) in [5.74, 6) is 1.22. The number of ether oxygens (including phenoxy) is 1. The van der Waals surface area contributed by atoms with Crippen molar-refractivity contribution < 1.29 is 14.1 Å². The molecule has 0 saturated heterocycles. The third kappa shape index (κ3) is 2.62. The molecular weight excluding hydrogens is 262 g/mol. The maximum Gasteiger partial charge on any atom is 0.311 e. The molecule has 7 heteroatoms. The van der Waals surface area contributed by atoms with E-state index < -0.39 is 4.92 Å². The Morgan fingerprint density at radius 3 is 2.85 bits per heavy atom. The highest BCUT2D eigenvalue weighted by molar-refractivity contribution is 5.64. The van der Waals surface area contributed by atoms with Gasteiger partial charge in [0.15, 0.2) is 11.5 Å². The van der Waals surface area contributed by atoms with Crippen molar-refractivity contribution in [3.63, 3.8) is 0 Å². The van der Waals surface area contributed by atoms with Gasteiger partial charge in [-0.25, -0.2) is 4.98 Å². The molecule has 0 aliphatic heterocycles. The molecule has 1 atom stereocenters. The lowest BCUT2D eigenvalue weighted by atomic mass is 10.1. The first-order chi connectivity index (χ1) is 9.56. The van der Waals surface area contributed by atoms with Crippen molar-refractivity contribution in [1.82, 2.24) is 10.3 Å². The molecule has 0 fully saturated rings. The summed E-state index contributed by atoms with van der Waals surface area (Å²) in [7, 11) is 3.19. The Labute approximate surface area is 115 Å². The predicted molar refractivity (Wildman–Crippen MR) is 72.6 cm³/mol. The third-order valence-electron chi connectivity index (χ3n) is 2.99. The molecule has 0 spiro atoms. The SMILES string of the molecule is CNC(C)c1ncc(-c2ccc(OC)c([N+](=O)[O-])c2)o1. The van der Waals surface area contributed by atoms with Crippen LogP contribution < -0.4 is 10.1 Å². The topological polar surface area (TPSA) is 90.4 Å². The minimum atomic E-state index is -0.490. The van der Waals surface area contributed by atoms with Crippen molar-refractivity contribution in [3.8, 4) is 17.1 Å². The van der Waals surface area contributed by atoms with Crippen LogP contribution in [-0.2, 0) is 0 Å². The first-order valence-electron chi connectivity index (χ1n) is 6.02. The molecule has 7 nitrogen and oxygen atoms in total. The van der Waals surface area contributed by atoms with Crippen LogP contribution in [0.4, 0.5) is 5.69 Å².